The Balaban J connectivity index is 0.000000489. The Hall–Kier alpha value is -2.55. The first-order chi connectivity index (χ1) is 13.7. The Morgan fingerprint density at radius 1 is 1.11 bits per heavy atom. The third kappa shape index (κ3) is 7.69. The minimum Gasteiger partial charge on any atom is -0.512 e. The normalized spacial score (nSPS) is 12.4. The number of pyridine rings is 1. The summed E-state index contributed by atoms with van der Waals surface area (Å²) in [5.74, 6) is -0.0625. The number of hydrogen-bond acceptors (Lipinski definition) is 3. The van der Waals surface area contributed by atoms with Crippen LogP contribution in [0.1, 0.15) is 23.5 Å². The summed E-state index contributed by atoms with van der Waals surface area (Å²) in [6.45, 7) is 0.718. The largest absolute Gasteiger partial charge is 0.512 e. The monoisotopic (exact) mass is 540 g/mol. The summed E-state index contributed by atoms with van der Waals surface area (Å²) < 4.78 is 22.5. The van der Waals surface area contributed by atoms with Crippen molar-refractivity contribution in [3.63, 3.8) is 0 Å². The molecule has 0 fully saturated rings. The van der Waals surface area contributed by atoms with Crippen LogP contribution in [0, 0.1) is 12.9 Å². The van der Waals surface area contributed by atoms with E-state index in [4.69, 9.17) is 9.22 Å². The van der Waals surface area contributed by atoms with Gasteiger partial charge in [0, 0.05) is 36.5 Å². The smallest absolute Gasteiger partial charge is 0.155 e. The Kier molecular flexibility index (Phi) is 7.42. The van der Waals surface area contributed by atoms with Crippen molar-refractivity contribution in [2.24, 2.45) is 0 Å². The number of aliphatic hydroxyl groups is 1. The molecule has 0 unspecified atom stereocenters. The summed E-state index contributed by atoms with van der Waals surface area (Å²) in [5.41, 5.74) is 3.84. The molecule has 0 aliphatic rings. The van der Waals surface area contributed by atoms with E-state index in [1.54, 1.807) is 6.07 Å². The van der Waals surface area contributed by atoms with Crippen molar-refractivity contribution in [3.05, 3.63) is 90.3 Å². The van der Waals surface area contributed by atoms with Crippen molar-refractivity contribution in [2.75, 3.05) is 0 Å². The first-order valence-corrected chi connectivity index (χ1v) is 8.08. The minimum atomic E-state index is -2.13. The zero-order valence-corrected chi connectivity index (χ0v) is 17.5. The Bertz CT molecular complexity index is 999. The van der Waals surface area contributed by atoms with Gasteiger partial charge in [-0.05, 0) is 38.0 Å². The molecule has 141 valence electrons. The molecule has 27 heavy (non-hydrogen) atoms. The fourth-order valence-corrected chi connectivity index (χ4v) is 2.30. The van der Waals surface area contributed by atoms with Gasteiger partial charge in [-0.1, -0.05) is 42.0 Å². The van der Waals surface area contributed by atoms with Crippen LogP contribution in [0.3, 0.4) is 0 Å². The average Bonchev–Trinajstić information content (AvgIpc) is 2.68. The number of benzene rings is 2. The van der Waals surface area contributed by atoms with E-state index in [2.05, 4.69) is 11.1 Å². The molecule has 3 nitrogen and oxygen atoms in total. The number of hydrogen-bond donors (Lipinski definition) is 1. The number of aromatic nitrogens is 1. The van der Waals surface area contributed by atoms with E-state index in [1.807, 2.05) is 48.5 Å². The molecule has 3 rings (SSSR count). The van der Waals surface area contributed by atoms with Gasteiger partial charge in [-0.15, -0.1) is 35.4 Å². The van der Waals surface area contributed by atoms with E-state index in [0.29, 0.717) is 5.69 Å². The molecular weight excluding hydrogens is 514 g/mol. The standard InChI is InChI=1S/C18H14N.C5H8O2.Ir/c1-14-10-11-19-18(12-14)17-9-5-8-16(13-17)15-6-3-2-4-7-15;1-4(6)3-5(2)7;/h2-8,10-13H,1H3;3,6H,1-2H3;/q-1;;/b;4-3-;/i1D3;;. The number of nitrogens with zero attached hydrogens (tertiary/aromatic N) is 1. The second kappa shape index (κ2) is 11.2. The molecule has 4 heteroatoms. The van der Waals surface area contributed by atoms with Crippen LogP contribution in [0.25, 0.3) is 22.4 Å². The van der Waals surface area contributed by atoms with Crippen molar-refractivity contribution >= 4 is 5.78 Å². The molecule has 0 aliphatic carbocycles. The number of carbonyl (C=O) groups is 1. The number of allylic oxidation sites excluding steroid dienone is 2. The maximum atomic E-state index is 10.0. The molecule has 1 N–H and O–H groups in total. The summed E-state index contributed by atoms with van der Waals surface area (Å²) in [7, 11) is 0. The van der Waals surface area contributed by atoms with Gasteiger partial charge in [-0.2, -0.15) is 0 Å². The molecule has 1 heterocycles. The van der Waals surface area contributed by atoms with Gasteiger partial charge in [0.1, 0.15) is 0 Å². The Morgan fingerprint density at radius 3 is 2.44 bits per heavy atom. The zero-order chi connectivity index (χ0) is 21.4. The topological polar surface area (TPSA) is 50.2 Å². The van der Waals surface area contributed by atoms with E-state index in [1.165, 1.54) is 32.2 Å². The fourth-order valence-electron chi connectivity index (χ4n) is 2.30. The maximum absolute atomic E-state index is 10.0. The predicted octanol–water partition coefficient (Wildman–Crippen LogP) is 5.56. The van der Waals surface area contributed by atoms with Gasteiger partial charge in [-0.25, -0.2) is 0 Å². The molecule has 3 aromatic rings. The van der Waals surface area contributed by atoms with Gasteiger partial charge < -0.3 is 10.1 Å². The molecule has 0 amide bonds. The third-order valence-corrected chi connectivity index (χ3v) is 3.36. The van der Waals surface area contributed by atoms with Crippen molar-refractivity contribution in [1.82, 2.24) is 4.98 Å². The minimum absolute atomic E-state index is 0. The molecule has 0 saturated heterocycles. The summed E-state index contributed by atoms with van der Waals surface area (Å²) >= 11 is 0. The molecule has 0 aliphatic heterocycles. The van der Waals surface area contributed by atoms with E-state index >= 15 is 0 Å². The number of aryl methyl sites for hydroxylation is 1. The van der Waals surface area contributed by atoms with Crippen molar-refractivity contribution in [1.29, 1.82) is 0 Å². The van der Waals surface area contributed by atoms with Crippen LogP contribution in [0.5, 0.6) is 0 Å². The second-order valence-electron chi connectivity index (χ2n) is 5.68. The van der Waals surface area contributed by atoms with Gasteiger partial charge >= 0.3 is 0 Å². The first kappa shape index (κ1) is 17.8. The molecule has 0 saturated carbocycles. The van der Waals surface area contributed by atoms with Crippen molar-refractivity contribution < 1.29 is 34.1 Å². The van der Waals surface area contributed by atoms with Crippen LogP contribution >= 0.6 is 0 Å². The van der Waals surface area contributed by atoms with Gasteiger partial charge in [0.2, 0.25) is 0 Å². The number of carbonyl (C=O) groups excluding carboxylic acids is 1. The summed E-state index contributed by atoms with van der Waals surface area (Å²) in [6.07, 6.45) is 2.69. The SMILES string of the molecule is CC(=O)/C=C(/C)O.[2H]C([2H])([2H])c1ccnc(-c2[c-]ccc(-c3ccccc3)c2)c1.[Ir]. The maximum Gasteiger partial charge on any atom is 0.155 e. The molecule has 1 aromatic heterocycles. The number of ketones is 1. The summed E-state index contributed by atoms with van der Waals surface area (Å²) in [6, 6.07) is 22.1. The predicted molar refractivity (Wildman–Crippen MR) is 106 cm³/mol. The first-order valence-electron chi connectivity index (χ1n) is 9.58. The summed E-state index contributed by atoms with van der Waals surface area (Å²) in [5, 5.41) is 8.36. The van der Waals surface area contributed by atoms with Crippen LogP contribution < -0.4 is 0 Å². The van der Waals surface area contributed by atoms with E-state index < -0.39 is 6.85 Å². The van der Waals surface area contributed by atoms with Crippen LogP contribution in [0.2, 0.25) is 0 Å². The molecule has 2 aromatic carbocycles. The molecule has 0 atom stereocenters. The van der Waals surface area contributed by atoms with Crippen molar-refractivity contribution in [3.8, 4) is 22.4 Å². The van der Waals surface area contributed by atoms with Gasteiger partial charge in [0.05, 0.1) is 5.76 Å². The van der Waals surface area contributed by atoms with Crippen LogP contribution in [-0.2, 0) is 24.9 Å². The van der Waals surface area contributed by atoms with Gasteiger partial charge in [0.25, 0.3) is 0 Å². The van der Waals surface area contributed by atoms with Gasteiger partial charge in [-0.3, -0.25) is 4.79 Å². The quantitative estimate of drug-likeness (QED) is 0.269. The Morgan fingerprint density at radius 2 is 1.85 bits per heavy atom. The van der Waals surface area contributed by atoms with E-state index in [-0.39, 0.29) is 37.2 Å². The van der Waals surface area contributed by atoms with Crippen LogP contribution in [-0.4, -0.2) is 15.9 Å². The third-order valence-electron chi connectivity index (χ3n) is 3.36. The second-order valence-corrected chi connectivity index (χ2v) is 5.68. The number of aliphatic hydroxyl groups excluding tert-OH is 1. The zero-order valence-electron chi connectivity index (χ0n) is 18.1. The van der Waals surface area contributed by atoms with E-state index in [9.17, 15) is 4.79 Å². The number of rotatable bonds is 3. The summed E-state index contributed by atoms with van der Waals surface area (Å²) in [4.78, 5) is 14.3. The molecular formula is C23H22IrNO2-. The molecule has 1 radical (unpaired) electrons. The van der Waals surface area contributed by atoms with Gasteiger partial charge in [0.15, 0.2) is 5.78 Å². The van der Waals surface area contributed by atoms with E-state index in [0.717, 1.165) is 16.7 Å². The van der Waals surface area contributed by atoms with Crippen molar-refractivity contribution in [2.45, 2.75) is 20.7 Å². The molecule has 0 bridgehead atoms. The Labute approximate surface area is 178 Å². The van der Waals surface area contributed by atoms with Crippen LogP contribution in [0.15, 0.2) is 78.7 Å². The van der Waals surface area contributed by atoms with Crippen LogP contribution in [0.4, 0.5) is 0 Å². The molecule has 0 spiro atoms. The fraction of sp³-hybridized carbons (Fsp3) is 0.130. The average molecular weight is 540 g/mol.